The van der Waals surface area contributed by atoms with Crippen LogP contribution in [0.25, 0.3) is 0 Å². The van der Waals surface area contributed by atoms with Crippen molar-refractivity contribution in [3.8, 4) is 0 Å². The Hall–Kier alpha value is -0.950. The highest BCUT2D eigenvalue weighted by atomic mass is 127. The topological polar surface area (TPSA) is 92.3 Å². The first-order chi connectivity index (χ1) is 13.4. The number of benzene rings is 1. The Bertz CT molecular complexity index is 737. The molecule has 1 aromatic rings. The van der Waals surface area contributed by atoms with Crippen LogP contribution in [0.2, 0.25) is 0 Å². The molecule has 0 aliphatic carbocycles. The Balaban J connectivity index is 0.00000420. The zero-order chi connectivity index (χ0) is 20.4. The number of sulfonamides is 1. The van der Waals surface area contributed by atoms with Crippen LogP contribution in [0.1, 0.15) is 24.8 Å². The maximum absolute atomic E-state index is 12.5. The molecule has 0 bridgehead atoms. The Kier molecular flexibility index (Phi) is 12.0. The number of aliphatic imine (C=N–C) groups is 1. The SMILES string of the molecule is CN=C(NCCCOCC1CCCO1)NCc1ccccc1S(=O)(=O)N(C)C.I. The molecule has 2 N–H and O–H groups in total. The van der Waals surface area contributed by atoms with Gasteiger partial charge in [-0.15, -0.1) is 24.0 Å². The highest BCUT2D eigenvalue weighted by Crippen LogP contribution is 2.18. The number of hydrogen-bond donors (Lipinski definition) is 2. The number of guanidine groups is 1. The number of nitrogens with zero attached hydrogens (tertiary/aromatic N) is 2. The monoisotopic (exact) mass is 540 g/mol. The predicted molar refractivity (Wildman–Crippen MR) is 125 cm³/mol. The van der Waals surface area contributed by atoms with Gasteiger partial charge in [0.2, 0.25) is 10.0 Å². The van der Waals surface area contributed by atoms with Gasteiger partial charge in [-0.1, -0.05) is 18.2 Å². The summed E-state index contributed by atoms with van der Waals surface area (Å²) in [5, 5.41) is 6.38. The molecule has 1 saturated heterocycles. The summed E-state index contributed by atoms with van der Waals surface area (Å²) in [4.78, 5) is 4.48. The molecular weight excluding hydrogens is 507 g/mol. The lowest BCUT2D eigenvalue weighted by Gasteiger charge is -2.17. The second-order valence-electron chi connectivity index (χ2n) is 6.81. The van der Waals surface area contributed by atoms with Gasteiger partial charge in [0.1, 0.15) is 0 Å². The molecule has 1 aliphatic rings. The molecule has 1 heterocycles. The quantitative estimate of drug-likeness (QED) is 0.204. The van der Waals surface area contributed by atoms with E-state index in [2.05, 4.69) is 15.6 Å². The molecule has 8 nitrogen and oxygen atoms in total. The van der Waals surface area contributed by atoms with E-state index < -0.39 is 10.0 Å². The fourth-order valence-electron chi connectivity index (χ4n) is 2.87. The molecule has 0 radical (unpaired) electrons. The predicted octanol–water partition coefficient (Wildman–Crippen LogP) is 1.81. The summed E-state index contributed by atoms with van der Waals surface area (Å²) in [6, 6.07) is 6.97. The molecule has 1 aliphatic heterocycles. The van der Waals surface area contributed by atoms with Gasteiger partial charge in [-0.25, -0.2) is 12.7 Å². The van der Waals surface area contributed by atoms with Gasteiger partial charge in [-0.2, -0.15) is 0 Å². The molecule has 10 heteroatoms. The van der Waals surface area contributed by atoms with E-state index in [1.807, 2.05) is 6.07 Å². The lowest BCUT2D eigenvalue weighted by atomic mass is 10.2. The number of ether oxygens (including phenoxy) is 2. The highest BCUT2D eigenvalue weighted by Gasteiger charge is 2.20. The second kappa shape index (κ2) is 13.4. The average molecular weight is 540 g/mol. The maximum Gasteiger partial charge on any atom is 0.242 e. The van der Waals surface area contributed by atoms with Crippen molar-refractivity contribution < 1.29 is 17.9 Å². The summed E-state index contributed by atoms with van der Waals surface area (Å²) in [7, 11) is 1.25. The summed E-state index contributed by atoms with van der Waals surface area (Å²) in [5.74, 6) is 0.621. The molecule has 0 amide bonds. The fourth-order valence-corrected chi connectivity index (χ4v) is 3.98. The van der Waals surface area contributed by atoms with E-state index in [1.165, 1.54) is 18.4 Å². The van der Waals surface area contributed by atoms with Crippen LogP contribution in [0.4, 0.5) is 0 Å². The smallest absolute Gasteiger partial charge is 0.242 e. The van der Waals surface area contributed by atoms with Crippen LogP contribution in [-0.4, -0.2) is 72.3 Å². The van der Waals surface area contributed by atoms with E-state index in [0.29, 0.717) is 42.7 Å². The first-order valence-corrected chi connectivity index (χ1v) is 11.0. The molecule has 0 saturated carbocycles. The molecule has 1 fully saturated rings. The van der Waals surface area contributed by atoms with Crippen molar-refractivity contribution in [3.05, 3.63) is 29.8 Å². The molecule has 2 rings (SSSR count). The summed E-state index contributed by atoms with van der Waals surface area (Å²) in [6.45, 7) is 3.23. The van der Waals surface area contributed by atoms with Crippen LogP contribution >= 0.6 is 24.0 Å². The Morgan fingerprint density at radius 3 is 2.72 bits per heavy atom. The summed E-state index contributed by atoms with van der Waals surface area (Å²) >= 11 is 0. The van der Waals surface area contributed by atoms with E-state index >= 15 is 0 Å². The zero-order valence-electron chi connectivity index (χ0n) is 17.4. The third kappa shape index (κ3) is 8.36. The third-order valence-electron chi connectivity index (χ3n) is 4.49. The van der Waals surface area contributed by atoms with Crippen molar-refractivity contribution in [3.63, 3.8) is 0 Å². The lowest BCUT2D eigenvalue weighted by Crippen LogP contribution is -2.38. The minimum atomic E-state index is -3.49. The lowest BCUT2D eigenvalue weighted by molar-refractivity contribution is 0.0168. The standard InChI is InChI=1S/C19H32N4O4S.HI/c1-20-19(21-11-7-12-26-15-17-9-6-13-27-17)22-14-16-8-4-5-10-18(16)28(24,25)23(2)3;/h4-5,8,10,17H,6-7,9,11-15H2,1-3H3,(H2,20,21,22);1H. The van der Waals surface area contributed by atoms with Crippen LogP contribution in [0.3, 0.4) is 0 Å². The van der Waals surface area contributed by atoms with E-state index in [-0.39, 0.29) is 30.1 Å². The van der Waals surface area contributed by atoms with Crippen LogP contribution in [0.15, 0.2) is 34.2 Å². The van der Waals surface area contributed by atoms with Gasteiger partial charge >= 0.3 is 0 Å². The van der Waals surface area contributed by atoms with Crippen LogP contribution in [-0.2, 0) is 26.0 Å². The zero-order valence-corrected chi connectivity index (χ0v) is 20.5. The molecule has 1 atom stereocenters. The maximum atomic E-state index is 12.5. The molecule has 1 aromatic carbocycles. The first-order valence-electron chi connectivity index (χ1n) is 9.59. The number of rotatable bonds is 10. The van der Waals surface area contributed by atoms with Crippen molar-refractivity contribution in [2.75, 3.05) is 47.5 Å². The Labute approximate surface area is 191 Å². The van der Waals surface area contributed by atoms with Crippen molar-refractivity contribution in [1.29, 1.82) is 0 Å². The highest BCUT2D eigenvalue weighted by molar-refractivity contribution is 14.0. The van der Waals surface area contributed by atoms with E-state index in [0.717, 1.165) is 25.9 Å². The van der Waals surface area contributed by atoms with Gasteiger partial charge in [-0.05, 0) is 30.9 Å². The van der Waals surface area contributed by atoms with Crippen molar-refractivity contribution in [2.45, 2.75) is 36.8 Å². The number of nitrogens with one attached hydrogen (secondary N) is 2. The molecular formula is C19H33IN4O4S. The van der Waals surface area contributed by atoms with Gasteiger partial charge in [0.25, 0.3) is 0 Å². The van der Waals surface area contributed by atoms with Crippen LogP contribution < -0.4 is 10.6 Å². The Morgan fingerprint density at radius 2 is 2.07 bits per heavy atom. The van der Waals surface area contributed by atoms with Crippen LogP contribution in [0.5, 0.6) is 0 Å². The van der Waals surface area contributed by atoms with Gasteiger partial charge < -0.3 is 20.1 Å². The third-order valence-corrected chi connectivity index (χ3v) is 6.40. The largest absolute Gasteiger partial charge is 0.379 e. The van der Waals surface area contributed by atoms with Crippen molar-refractivity contribution >= 4 is 40.0 Å². The van der Waals surface area contributed by atoms with E-state index in [4.69, 9.17) is 9.47 Å². The molecule has 1 unspecified atom stereocenters. The van der Waals surface area contributed by atoms with Gasteiger partial charge in [0.15, 0.2) is 5.96 Å². The van der Waals surface area contributed by atoms with Crippen molar-refractivity contribution in [1.82, 2.24) is 14.9 Å². The van der Waals surface area contributed by atoms with E-state index in [9.17, 15) is 8.42 Å². The second-order valence-corrected chi connectivity index (χ2v) is 8.93. The first kappa shape index (κ1) is 26.1. The number of halogens is 1. The molecule has 0 aromatic heterocycles. The average Bonchev–Trinajstić information content (AvgIpc) is 3.20. The molecule has 166 valence electrons. The molecule has 29 heavy (non-hydrogen) atoms. The normalized spacial score (nSPS) is 17.2. The minimum absolute atomic E-state index is 0. The molecule has 0 spiro atoms. The van der Waals surface area contributed by atoms with Crippen LogP contribution in [0, 0.1) is 0 Å². The van der Waals surface area contributed by atoms with Gasteiger partial charge in [0, 0.05) is 47.4 Å². The summed E-state index contributed by atoms with van der Waals surface area (Å²) < 4.78 is 37.3. The summed E-state index contributed by atoms with van der Waals surface area (Å²) in [6.07, 6.45) is 3.30. The Morgan fingerprint density at radius 1 is 1.31 bits per heavy atom. The summed E-state index contributed by atoms with van der Waals surface area (Å²) in [5.41, 5.74) is 0.694. The van der Waals surface area contributed by atoms with E-state index in [1.54, 1.807) is 25.2 Å². The van der Waals surface area contributed by atoms with Gasteiger partial charge in [-0.3, -0.25) is 4.99 Å². The number of hydrogen-bond acceptors (Lipinski definition) is 5. The van der Waals surface area contributed by atoms with Crippen molar-refractivity contribution in [2.24, 2.45) is 4.99 Å². The minimum Gasteiger partial charge on any atom is -0.379 e. The fraction of sp³-hybridized carbons (Fsp3) is 0.632. The van der Waals surface area contributed by atoms with Gasteiger partial charge in [0.05, 0.1) is 17.6 Å².